The number of aryl methyl sites for hydroxylation is 1. The molecule has 0 bridgehead atoms. The molecule has 2 aromatic rings. The van der Waals surface area contributed by atoms with E-state index in [9.17, 15) is 13.2 Å². The van der Waals surface area contributed by atoms with E-state index in [-0.39, 0.29) is 17.6 Å². The van der Waals surface area contributed by atoms with Crippen LogP contribution < -0.4 is 13.7 Å². The van der Waals surface area contributed by atoms with Crippen LogP contribution in [0.4, 0.5) is 0 Å². The molecule has 0 saturated heterocycles. The molecular formula is C20H24O6S. The molecule has 0 radical (unpaired) electrons. The Bertz CT molecular complexity index is 904. The minimum absolute atomic E-state index is 0.0825. The summed E-state index contributed by atoms with van der Waals surface area (Å²) in [6, 6.07) is 12.2. The van der Waals surface area contributed by atoms with Crippen molar-refractivity contribution in [1.29, 1.82) is 0 Å². The van der Waals surface area contributed by atoms with Gasteiger partial charge in [0.25, 0.3) is 0 Å². The smallest absolute Gasteiger partial charge is 0.310 e. The van der Waals surface area contributed by atoms with Crippen LogP contribution in [0.15, 0.2) is 42.5 Å². The van der Waals surface area contributed by atoms with Crippen molar-refractivity contribution in [2.45, 2.75) is 33.1 Å². The van der Waals surface area contributed by atoms with Crippen LogP contribution in [-0.2, 0) is 14.9 Å². The van der Waals surface area contributed by atoms with Crippen LogP contribution >= 0.6 is 0 Å². The summed E-state index contributed by atoms with van der Waals surface area (Å²) in [5.74, 6) is 1.11. The van der Waals surface area contributed by atoms with Crippen LogP contribution in [0.25, 0.3) is 0 Å². The summed E-state index contributed by atoms with van der Waals surface area (Å²) in [6.07, 6.45) is 1.32. The summed E-state index contributed by atoms with van der Waals surface area (Å²) in [6.45, 7) is 6.06. The summed E-state index contributed by atoms with van der Waals surface area (Å²) in [5.41, 5.74) is 1.93. The molecule has 0 aliphatic rings. The Hall–Kier alpha value is -2.54. The van der Waals surface area contributed by atoms with E-state index in [4.69, 9.17) is 13.7 Å². The van der Waals surface area contributed by atoms with Crippen molar-refractivity contribution in [3.05, 3.63) is 53.6 Å². The van der Waals surface area contributed by atoms with Gasteiger partial charge < -0.3 is 13.7 Å². The van der Waals surface area contributed by atoms with Crippen molar-refractivity contribution in [3.8, 4) is 17.2 Å². The number of ether oxygens (including phenoxy) is 2. The highest BCUT2D eigenvalue weighted by molar-refractivity contribution is 7.86. The summed E-state index contributed by atoms with van der Waals surface area (Å²) in [7, 11) is -3.58. The number of hydrogen-bond acceptors (Lipinski definition) is 6. The van der Waals surface area contributed by atoms with Crippen LogP contribution in [0.3, 0.4) is 0 Å². The lowest BCUT2D eigenvalue weighted by atomic mass is 10.00. The number of carbonyl (C=O) groups is 1. The van der Waals surface area contributed by atoms with Crippen molar-refractivity contribution in [2.75, 3.05) is 12.9 Å². The molecule has 27 heavy (non-hydrogen) atoms. The van der Waals surface area contributed by atoms with Gasteiger partial charge in [-0.25, -0.2) is 0 Å². The van der Waals surface area contributed by atoms with E-state index in [0.29, 0.717) is 24.5 Å². The Morgan fingerprint density at radius 2 is 1.81 bits per heavy atom. The van der Waals surface area contributed by atoms with Crippen LogP contribution in [0.2, 0.25) is 0 Å². The average molecular weight is 392 g/mol. The molecular weight excluding hydrogens is 368 g/mol. The van der Waals surface area contributed by atoms with E-state index >= 15 is 0 Å². The van der Waals surface area contributed by atoms with Gasteiger partial charge in [0.2, 0.25) is 0 Å². The maximum Gasteiger partial charge on any atom is 0.310 e. The normalized spacial score (nSPS) is 12.3. The Morgan fingerprint density at radius 3 is 2.44 bits per heavy atom. The topological polar surface area (TPSA) is 78.9 Å². The zero-order valence-corrected chi connectivity index (χ0v) is 16.7. The number of esters is 1. The maximum absolute atomic E-state index is 11.4. The van der Waals surface area contributed by atoms with Crippen LogP contribution in [0, 0.1) is 6.92 Å². The first kappa shape index (κ1) is 20.8. The second kappa shape index (κ2) is 8.90. The Morgan fingerprint density at radius 1 is 1.11 bits per heavy atom. The van der Waals surface area contributed by atoms with Gasteiger partial charge in [-0.1, -0.05) is 32.0 Å². The van der Waals surface area contributed by atoms with Crippen molar-refractivity contribution in [1.82, 2.24) is 0 Å². The van der Waals surface area contributed by atoms with E-state index in [1.54, 1.807) is 31.2 Å². The fourth-order valence-electron chi connectivity index (χ4n) is 2.40. The van der Waals surface area contributed by atoms with Crippen molar-refractivity contribution in [3.63, 3.8) is 0 Å². The number of benzene rings is 2. The molecule has 1 atom stereocenters. The lowest BCUT2D eigenvalue weighted by Gasteiger charge is -2.16. The first-order valence-electron chi connectivity index (χ1n) is 8.61. The molecule has 0 saturated carbocycles. The lowest BCUT2D eigenvalue weighted by Crippen LogP contribution is -2.09. The molecule has 0 amide bonds. The molecule has 146 valence electrons. The zero-order chi connectivity index (χ0) is 20.0. The third-order valence-electron chi connectivity index (χ3n) is 3.83. The second-order valence-corrected chi connectivity index (χ2v) is 7.90. The number of hydrogen-bond donors (Lipinski definition) is 0. The Kier molecular flexibility index (Phi) is 6.85. The molecule has 6 nitrogen and oxygen atoms in total. The largest absolute Gasteiger partial charge is 0.493 e. The molecule has 2 aromatic carbocycles. The van der Waals surface area contributed by atoms with Crippen LogP contribution in [0.5, 0.6) is 17.2 Å². The predicted octanol–water partition coefficient (Wildman–Crippen LogP) is 3.83. The van der Waals surface area contributed by atoms with Gasteiger partial charge in [-0.05, 0) is 36.2 Å². The molecule has 0 aromatic heterocycles. The van der Waals surface area contributed by atoms with Gasteiger partial charge in [0.05, 0.1) is 12.9 Å². The highest BCUT2D eigenvalue weighted by Gasteiger charge is 2.12. The minimum Gasteiger partial charge on any atom is -0.493 e. The Labute approximate surface area is 160 Å². The fraction of sp³-hybridized carbons (Fsp3) is 0.350. The van der Waals surface area contributed by atoms with Gasteiger partial charge >= 0.3 is 16.1 Å². The third kappa shape index (κ3) is 6.60. The van der Waals surface area contributed by atoms with Crippen LogP contribution in [0.1, 0.15) is 37.3 Å². The summed E-state index contributed by atoms with van der Waals surface area (Å²) >= 11 is 0. The summed E-state index contributed by atoms with van der Waals surface area (Å²) < 4.78 is 38.3. The SMILES string of the molecule is CCC(=O)Oc1ccc(C(C)COc2cccc(OS(C)(=O)=O)c2)cc1C. The molecule has 0 N–H and O–H groups in total. The van der Waals surface area contributed by atoms with Crippen molar-refractivity contribution in [2.24, 2.45) is 0 Å². The number of rotatable bonds is 8. The van der Waals surface area contributed by atoms with E-state index in [1.807, 2.05) is 26.0 Å². The molecule has 0 fully saturated rings. The van der Waals surface area contributed by atoms with Crippen molar-refractivity contribution < 1.29 is 26.9 Å². The fourth-order valence-corrected chi connectivity index (χ4v) is 2.85. The van der Waals surface area contributed by atoms with Gasteiger partial charge in [0, 0.05) is 18.4 Å². The number of carbonyl (C=O) groups excluding carboxylic acids is 1. The molecule has 2 rings (SSSR count). The van der Waals surface area contributed by atoms with Gasteiger partial charge in [0.1, 0.15) is 17.2 Å². The van der Waals surface area contributed by atoms with E-state index in [0.717, 1.165) is 17.4 Å². The van der Waals surface area contributed by atoms with Crippen LogP contribution in [-0.4, -0.2) is 27.2 Å². The summed E-state index contributed by atoms with van der Waals surface area (Å²) in [5, 5.41) is 0. The highest BCUT2D eigenvalue weighted by atomic mass is 32.2. The molecule has 0 heterocycles. The first-order valence-corrected chi connectivity index (χ1v) is 10.4. The van der Waals surface area contributed by atoms with E-state index in [2.05, 4.69) is 0 Å². The predicted molar refractivity (Wildman–Crippen MR) is 103 cm³/mol. The third-order valence-corrected chi connectivity index (χ3v) is 4.33. The van der Waals surface area contributed by atoms with E-state index < -0.39 is 10.1 Å². The molecule has 0 aliphatic carbocycles. The maximum atomic E-state index is 11.4. The average Bonchev–Trinajstić information content (AvgIpc) is 2.60. The standard InChI is InChI=1S/C20H24O6S/c1-5-20(21)25-19-10-9-16(11-14(19)2)15(3)13-24-17-7-6-8-18(12-17)26-27(4,22)23/h6-12,15H,5,13H2,1-4H3. The second-order valence-electron chi connectivity index (χ2n) is 6.33. The van der Waals surface area contributed by atoms with Gasteiger partial charge in [-0.2, -0.15) is 8.42 Å². The van der Waals surface area contributed by atoms with E-state index in [1.165, 1.54) is 6.07 Å². The molecule has 0 spiro atoms. The van der Waals surface area contributed by atoms with Gasteiger partial charge in [0.15, 0.2) is 0 Å². The monoisotopic (exact) mass is 392 g/mol. The molecule has 0 aliphatic heterocycles. The highest BCUT2D eigenvalue weighted by Crippen LogP contribution is 2.26. The van der Waals surface area contributed by atoms with Crippen molar-refractivity contribution >= 4 is 16.1 Å². The Balaban J connectivity index is 2.01. The summed E-state index contributed by atoms with van der Waals surface area (Å²) in [4.78, 5) is 11.4. The molecule has 1 unspecified atom stereocenters. The minimum atomic E-state index is -3.58. The lowest BCUT2D eigenvalue weighted by molar-refractivity contribution is -0.134. The van der Waals surface area contributed by atoms with Gasteiger partial charge in [-0.15, -0.1) is 0 Å². The first-order chi connectivity index (χ1) is 12.7. The molecule has 7 heteroatoms. The zero-order valence-electron chi connectivity index (χ0n) is 15.9. The van der Waals surface area contributed by atoms with Gasteiger partial charge in [-0.3, -0.25) is 4.79 Å². The quantitative estimate of drug-likeness (QED) is 0.386.